The van der Waals surface area contributed by atoms with Gasteiger partial charge in [0.2, 0.25) is 18.2 Å². The van der Waals surface area contributed by atoms with E-state index in [4.69, 9.17) is 11.6 Å². The maximum Gasteiger partial charge on any atom is 0.315 e. The smallest absolute Gasteiger partial charge is 0.258 e. The van der Waals surface area contributed by atoms with Crippen molar-refractivity contribution in [1.29, 1.82) is 0 Å². The number of pyridine rings is 2. The second-order valence-electron chi connectivity index (χ2n) is 5.21. The number of nitrogens with zero attached hydrogens (tertiary/aromatic N) is 4. The molecule has 0 spiro atoms. The monoisotopic (exact) mass is 469 g/mol. The molecule has 0 saturated carbocycles. The zero-order valence-corrected chi connectivity index (χ0v) is 16.6. The van der Waals surface area contributed by atoms with E-state index in [1.807, 2.05) is 0 Å². The minimum absolute atomic E-state index is 0.0777. The van der Waals surface area contributed by atoms with Crippen LogP contribution in [0.15, 0.2) is 76.5 Å². The number of nitro groups is 1. The Balaban J connectivity index is 2.19. The number of hydrogen-bond donors (Lipinski definition) is 0. The lowest BCUT2D eigenvalue weighted by molar-refractivity contribution is -0.668. The second kappa shape index (κ2) is 7.59. The maximum atomic E-state index is 13.3. The molecule has 3 rings (SSSR count). The molecule has 0 unspecified atom stereocenters. The number of non-ortho nitro benzene ring substituents is 1. The lowest BCUT2D eigenvalue weighted by atomic mass is 10.3. The Morgan fingerprint density at radius 2 is 1.78 bits per heavy atom. The maximum absolute atomic E-state index is 13.3. The summed E-state index contributed by atoms with van der Waals surface area (Å²) in [5.41, 5.74) is -0.210. The van der Waals surface area contributed by atoms with Crippen LogP contribution in [0, 0.1) is 10.1 Å². The standard InChI is InChI=1S/C16H11BrClN4O4S/c17-15-10-12(18)11-19-16(15)21(20-8-2-1-3-9-20)27(25,26)14-6-4-13(5-7-14)22(23)24/h1-11H/q+1. The van der Waals surface area contributed by atoms with E-state index in [1.54, 1.807) is 18.2 Å². The van der Waals surface area contributed by atoms with Crippen LogP contribution >= 0.6 is 27.5 Å². The number of hydrogen-bond acceptors (Lipinski definition) is 5. The van der Waals surface area contributed by atoms with Crippen LogP contribution in [-0.2, 0) is 10.0 Å². The fourth-order valence-corrected chi connectivity index (χ4v) is 4.58. The summed E-state index contributed by atoms with van der Waals surface area (Å²) in [6.07, 6.45) is 4.39. The molecule has 11 heteroatoms. The van der Waals surface area contributed by atoms with Crippen molar-refractivity contribution in [2.45, 2.75) is 4.90 Å². The molecule has 2 aromatic heterocycles. The normalized spacial score (nSPS) is 11.2. The average Bonchev–Trinajstić information content (AvgIpc) is 2.64. The first-order chi connectivity index (χ1) is 12.8. The van der Waals surface area contributed by atoms with E-state index in [0.29, 0.717) is 9.50 Å². The fourth-order valence-electron chi connectivity index (χ4n) is 2.25. The van der Waals surface area contributed by atoms with Crippen molar-refractivity contribution in [3.8, 4) is 0 Å². The molecule has 0 atom stereocenters. The highest BCUT2D eigenvalue weighted by Gasteiger charge is 2.35. The van der Waals surface area contributed by atoms with Crippen molar-refractivity contribution >= 4 is 49.1 Å². The van der Waals surface area contributed by atoms with Crippen LogP contribution in [0.4, 0.5) is 11.5 Å². The van der Waals surface area contributed by atoms with Crippen molar-refractivity contribution in [1.82, 2.24) is 4.98 Å². The predicted molar refractivity (Wildman–Crippen MR) is 102 cm³/mol. The lowest BCUT2D eigenvalue weighted by Gasteiger charge is -2.17. The molecule has 0 aliphatic heterocycles. The Kier molecular flexibility index (Phi) is 5.40. The van der Waals surface area contributed by atoms with Gasteiger partial charge in [-0.2, -0.15) is 8.42 Å². The van der Waals surface area contributed by atoms with Crippen LogP contribution < -0.4 is 9.09 Å². The highest BCUT2D eigenvalue weighted by atomic mass is 79.9. The first-order valence-electron chi connectivity index (χ1n) is 7.38. The van der Waals surface area contributed by atoms with Crippen molar-refractivity contribution in [2.75, 3.05) is 4.41 Å². The van der Waals surface area contributed by atoms with Gasteiger partial charge in [-0.1, -0.05) is 22.3 Å². The minimum atomic E-state index is -4.15. The summed E-state index contributed by atoms with van der Waals surface area (Å²) in [7, 11) is -4.15. The van der Waals surface area contributed by atoms with Crippen LogP contribution in [0.3, 0.4) is 0 Å². The van der Waals surface area contributed by atoms with Gasteiger partial charge in [-0.05, 0) is 38.5 Å². The molecule has 0 aliphatic carbocycles. The first-order valence-corrected chi connectivity index (χ1v) is 9.99. The van der Waals surface area contributed by atoms with E-state index in [0.717, 1.165) is 16.5 Å². The van der Waals surface area contributed by atoms with Gasteiger partial charge in [-0.25, -0.2) is 4.98 Å². The van der Waals surface area contributed by atoms with Gasteiger partial charge in [0.15, 0.2) is 0 Å². The van der Waals surface area contributed by atoms with Crippen molar-refractivity contribution in [2.24, 2.45) is 0 Å². The number of halogens is 2. The largest absolute Gasteiger partial charge is 0.315 e. The third-order valence-electron chi connectivity index (χ3n) is 3.45. The summed E-state index contributed by atoms with van der Waals surface area (Å²) in [4.78, 5) is 14.2. The van der Waals surface area contributed by atoms with E-state index < -0.39 is 14.9 Å². The van der Waals surface area contributed by atoms with Gasteiger partial charge in [-0.15, -0.1) is 0 Å². The second-order valence-corrected chi connectivity index (χ2v) is 8.27. The van der Waals surface area contributed by atoms with Crippen LogP contribution in [0.25, 0.3) is 0 Å². The number of anilines is 1. The van der Waals surface area contributed by atoms with Crippen LogP contribution in [0.5, 0.6) is 0 Å². The summed E-state index contributed by atoms with van der Waals surface area (Å²) >= 11 is 9.20. The molecule has 0 amide bonds. The average molecular weight is 471 g/mol. The molecule has 3 aromatic rings. The molecule has 0 bridgehead atoms. The number of nitro benzene ring substituents is 1. The SMILES string of the molecule is O=[N+]([O-])c1ccc(S(=O)(=O)N(c2ncc(Cl)cc2Br)[n+]2ccccc2)cc1. The van der Waals surface area contributed by atoms with Gasteiger partial charge in [0.1, 0.15) is 0 Å². The Bertz CT molecular complexity index is 1100. The lowest BCUT2D eigenvalue weighted by Crippen LogP contribution is -2.57. The summed E-state index contributed by atoms with van der Waals surface area (Å²) in [5.74, 6) is 0.0777. The molecule has 0 N–H and O–H groups in total. The number of rotatable bonds is 5. The third kappa shape index (κ3) is 3.92. The molecule has 1 aromatic carbocycles. The molecule has 0 saturated heterocycles. The summed E-state index contributed by atoms with van der Waals surface area (Å²) < 4.78 is 29.2. The summed E-state index contributed by atoms with van der Waals surface area (Å²) in [6.45, 7) is 0. The Morgan fingerprint density at radius 3 is 2.33 bits per heavy atom. The highest BCUT2D eigenvalue weighted by molar-refractivity contribution is 9.10. The van der Waals surface area contributed by atoms with Crippen LogP contribution in [0.2, 0.25) is 5.02 Å². The van der Waals surface area contributed by atoms with Gasteiger partial charge >= 0.3 is 10.0 Å². The zero-order chi connectivity index (χ0) is 19.6. The van der Waals surface area contributed by atoms with Crippen molar-refractivity contribution in [3.63, 3.8) is 0 Å². The quantitative estimate of drug-likeness (QED) is 0.324. The number of aromatic nitrogens is 2. The zero-order valence-electron chi connectivity index (χ0n) is 13.4. The molecule has 0 aliphatic rings. The molecule has 8 nitrogen and oxygen atoms in total. The van der Waals surface area contributed by atoms with E-state index in [9.17, 15) is 18.5 Å². The van der Waals surface area contributed by atoms with Crippen molar-refractivity contribution in [3.05, 3.63) is 86.7 Å². The summed E-state index contributed by atoms with van der Waals surface area (Å²) in [5, 5.41) is 11.2. The molecular formula is C16H11BrClN4O4S+. The van der Waals surface area contributed by atoms with Gasteiger partial charge in [-0.3, -0.25) is 10.1 Å². The summed E-state index contributed by atoms with van der Waals surface area (Å²) in [6, 6.07) is 11.2. The van der Waals surface area contributed by atoms with Gasteiger partial charge < -0.3 is 0 Å². The van der Waals surface area contributed by atoms with Gasteiger partial charge in [0.05, 0.1) is 19.3 Å². The van der Waals surface area contributed by atoms with Gasteiger partial charge in [0.25, 0.3) is 5.69 Å². The predicted octanol–water partition coefficient (Wildman–Crippen LogP) is 3.35. The van der Waals surface area contributed by atoms with Crippen molar-refractivity contribution < 1.29 is 18.0 Å². The Hall–Kier alpha value is -2.56. The van der Waals surface area contributed by atoms with Gasteiger partial charge in [0, 0.05) is 30.5 Å². The number of benzene rings is 1. The number of sulfonamides is 1. The molecule has 0 fully saturated rings. The van der Waals surface area contributed by atoms with Crippen LogP contribution in [0.1, 0.15) is 0 Å². The Morgan fingerprint density at radius 1 is 1.15 bits per heavy atom. The molecular weight excluding hydrogens is 460 g/mol. The molecule has 0 radical (unpaired) electrons. The Labute approximate surface area is 168 Å². The van der Waals surface area contributed by atoms with E-state index in [1.165, 1.54) is 41.5 Å². The molecule has 138 valence electrons. The first kappa shape index (κ1) is 19.2. The van der Waals surface area contributed by atoms with E-state index in [-0.39, 0.29) is 16.4 Å². The van der Waals surface area contributed by atoms with E-state index >= 15 is 0 Å². The molecule has 27 heavy (non-hydrogen) atoms. The minimum Gasteiger partial charge on any atom is -0.258 e. The fraction of sp³-hybridized carbons (Fsp3) is 0. The third-order valence-corrected chi connectivity index (χ3v) is 5.93. The van der Waals surface area contributed by atoms with Crippen LogP contribution in [-0.4, -0.2) is 18.3 Å². The topological polar surface area (TPSA) is 97.3 Å². The molecule has 2 heterocycles. The highest BCUT2D eigenvalue weighted by Crippen LogP contribution is 2.29. The van der Waals surface area contributed by atoms with E-state index in [2.05, 4.69) is 20.9 Å².